The van der Waals surface area contributed by atoms with Gasteiger partial charge in [-0.2, -0.15) is 0 Å². The first-order chi connectivity index (χ1) is 13.3. The molecule has 4 rings (SSSR count). The van der Waals surface area contributed by atoms with Crippen LogP contribution < -0.4 is 5.14 Å². The van der Waals surface area contributed by atoms with E-state index in [4.69, 9.17) is 16.7 Å². The van der Waals surface area contributed by atoms with E-state index in [2.05, 4.69) is 11.1 Å². The van der Waals surface area contributed by atoms with E-state index in [-0.39, 0.29) is 28.8 Å². The number of aromatic amines is 1. The Hall–Kier alpha value is -2.35. The summed E-state index contributed by atoms with van der Waals surface area (Å²) in [5.74, 6) is -0.287. The van der Waals surface area contributed by atoms with E-state index in [0.29, 0.717) is 6.42 Å². The molecule has 1 aromatic heterocycles. The third-order valence-electron chi connectivity index (χ3n) is 5.30. The molecule has 3 aromatic rings. The summed E-state index contributed by atoms with van der Waals surface area (Å²) in [7, 11) is -3.79. The summed E-state index contributed by atoms with van der Waals surface area (Å²) in [6.45, 7) is 2.00. The Morgan fingerprint density at radius 1 is 1.21 bits per heavy atom. The molecule has 0 fully saturated rings. The molecule has 0 bridgehead atoms. The number of hydrogen-bond acceptors (Lipinski definition) is 3. The van der Waals surface area contributed by atoms with Gasteiger partial charge >= 0.3 is 0 Å². The Bertz CT molecular complexity index is 1160. The van der Waals surface area contributed by atoms with Gasteiger partial charge in [0.1, 0.15) is 5.88 Å². The van der Waals surface area contributed by atoms with Crippen molar-refractivity contribution in [1.82, 2.24) is 9.88 Å². The second kappa shape index (κ2) is 6.92. The normalized spacial score (nSPS) is 19.6. The molecule has 1 aliphatic rings. The molecule has 146 valence electrons. The highest BCUT2D eigenvalue weighted by molar-refractivity contribution is 7.89. The standard InChI is InChI=1S/C20H20ClN3O3S/c1-12-10-16-15-4-2-3-5-17(15)23-19(16)20(24(12)18(25)11-21)13-6-8-14(9-7-13)28(22,26)27/h2-9,12,20,23H,10-11H2,1H3,(H2,22,26,27)/t12-,20?/m0/s1. The van der Waals surface area contributed by atoms with Crippen LogP contribution in [0.5, 0.6) is 0 Å². The Morgan fingerprint density at radius 2 is 1.89 bits per heavy atom. The number of aromatic nitrogens is 1. The average molecular weight is 418 g/mol. The van der Waals surface area contributed by atoms with E-state index >= 15 is 0 Å². The van der Waals surface area contributed by atoms with Gasteiger partial charge in [0.2, 0.25) is 15.9 Å². The molecular formula is C20H20ClN3O3S. The van der Waals surface area contributed by atoms with Crippen LogP contribution in [0.25, 0.3) is 10.9 Å². The number of rotatable bonds is 3. The van der Waals surface area contributed by atoms with Gasteiger partial charge in [-0.1, -0.05) is 30.3 Å². The van der Waals surface area contributed by atoms with E-state index in [1.54, 1.807) is 17.0 Å². The number of sulfonamides is 1. The number of alkyl halides is 1. The lowest BCUT2D eigenvalue weighted by atomic mass is 9.88. The van der Waals surface area contributed by atoms with Crippen LogP contribution >= 0.6 is 11.6 Å². The number of hydrogen-bond donors (Lipinski definition) is 2. The van der Waals surface area contributed by atoms with Gasteiger partial charge in [-0.05, 0) is 42.7 Å². The molecule has 0 radical (unpaired) electrons. The van der Waals surface area contributed by atoms with Gasteiger partial charge in [-0.15, -0.1) is 11.6 Å². The maximum atomic E-state index is 12.7. The number of nitrogens with zero attached hydrogens (tertiary/aromatic N) is 1. The van der Waals surface area contributed by atoms with Crippen molar-refractivity contribution >= 4 is 38.4 Å². The fraction of sp³-hybridized carbons (Fsp3) is 0.250. The molecule has 2 atom stereocenters. The molecule has 6 nitrogen and oxygen atoms in total. The second-order valence-electron chi connectivity index (χ2n) is 7.07. The maximum absolute atomic E-state index is 12.7. The van der Waals surface area contributed by atoms with Crippen molar-refractivity contribution in [3.63, 3.8) is 0 Å². The first-order valence-electron chi connectivity index (χ1n) is 8.90. The Morgan fingerprint density at radius 3 is 2.54 bits per heavy atom. The van der Waals surface area contributed by atoms with Crippen molar-refractivity contribution in [3.05, 3.63) is 65.4 Å². The topological polar surface area (TPSA) is 96.3 Å². The number of nitrogens with one attached hydrogen (secondary N) is 1. The van der Waals surface area contributed by atoms with Crippen molar-refractivity contribution < 1.29 is 13.2 Å². The first-order valence-corrected chi connectivity index (χ1v) is 11.0. The fourth-order valence-electron chi connectivity index (χ4n) is 4.09. The van der Waals surface area contributed by atoms with Gasteiger partial charge in [0.05, 0.1) is 10.9 Å². The van der Waals surface area contributed by atoms with Gasteiger partial charge < -0.3 is 9.88 Å². The molecule has 0 saturated carbocycles. The van der Waals surface area contributed by atoms with Gasteiger partial charge in [-0.25, -0.2) is 13.6 Å². The number of primary sulfonamides is 1. The third-order valence-corrected chi connectivity index (χ3v) is 6.46. The minimum atomic E-state index is -3.79. The molecule has 0 spiro atoms. The predicted octanol–water partition coefficient (Wildman–Crippen LogP) is 2.92. The molecule has 1 aliphatic heterocycles. The van der Waals surface area contributed by atoms with Crippen LogP contribution in [0.4, 0.5) is 0 Å². The van der Waals surface area contributed by atoms with E-state index < -0.39 is 10.0 Å². The molecule has 2 heterocycles. The zero-order valence-corrected chi connectivity index (χ0v) is 16.8. The third kappa shape index (κ3) is 3.09. The number of halogens is 1. The lowest BCUT2D eigenvalue weighted by molar-refractivity contribution is -0.133. The van der Waals surface area contributed by atoms with Crippen molar-refractivity contribution in [2.24, 2.45) is 5.14 Å². The predicted molar refractivity (Wildman–Crippen MR) is 109 cm³/mol. The summed E-state index contributed by atoms with van der Waals surface area (Å²) >= 11 is 5.90. The Labute approximate surface area is 168 Å². The van der Waals surface area contributed by atoms with Crippen LogP contribution in [0.1, 0.15) is 29.8 Å². The molecule has 0 aliphatic carbocycles. The molecule has 3 N–H and O–H groups in total. The summed E-state index contributed by atoms with van der Waals surface area (Å²) in [5, 5.41) is 6.35. The monoisotopic (exact) mass is 417 g/mol. The minimum absolute atomic E-state index is 0.0344. The average Bonchev–Trinajstić information content (AvgIpc) is 3.04. The Kier molecular flexibility index (Phi) is 4.69. The smallest absolute Gasteiger partial charge is 0.238 e. The summed E-state index contributed by atoms with van der Waals surface area (Å²) in [6, 6.07) is 13.9. The Balaban J connectivity index is 1.91. The van der Waals surface area contributed by atoms with Crippen LogP contribution in [0, 0.1) is 0 Å². The van der Waals surface area contributed by atoms with Gasteiger partial charge in [0.25, 0.3) is 0 Å². The number of carbonyl (C=O) groups excluding carboxylic acids is 1. The van der Waals surface area contributed by atoms with E-state index in [9.17, 15) is 13.2 Å². The number of nitrogens with two attached hydrogens (primary N) is 1. The summed E-state index contributed by atoms with van der Waals surface area (Å²) in [4.78, 5) is 17.9. The number of para-hydroxylation sites is 1. The van der Waals surface area contributed by atoms with Crippen molar-refractivity contribution in [2.75, 3.05) is 5.88 Å². The largest absolute Gasteiger partial charge is 0.356 e. The molecule has 1 unspecified atom stereocenters. The van der Waals surface area contributed by atoms with Gasteiger partial charge in [0.15, 0.2) is 0 Å². The summed E-state index contributed by atoms with van der Waals surface area (Å²) in [5.41, 5.74) is 3.90. The highest BCUT2D eigenvalue weighted by Crippen LogP contribution is 2.41. The van der Waals surface area contributed by atoms with E-state index in [1.807, 2.05) is 25.1 Å². The van der Waals surface area contributed by atoms with E-state index in [1.165, 1.54) is 17.7 Å². The highest BCUT2D eigenvalue weighted by Gasteiger charge is 2.38. The van der Waals surface area contributed by atoms with Crippen LogP contribution in [0.15, 0.2) is 53.4 Å². The van der Waals surface area contributed by atoms with Gasteiger partial charge in [0, 0.05) is 22.6 Å². The zero-order chi connectivity index (χ0) is 20.1. The van der Waals surface area contributed by atoms with Crippen LogP contribution in [-0.4, -0.2) is 36.1 Å². The minimum Gasteiger partial charge on any atom is -0.356 e. The summed E-state index contributed by atoms with van der Waals surface area (Å²) in [6.07, 6.45) is 0.716. The molecule has 8 heteroatoms. The first kappa shape index (κ1) is 19.0. The number of fused-ring (bicyclic) bond motifs is 3. The SMILES string of the molecule is C[C@H]1Cc2c([nH]c3ccccc23)C(c2ccc(S(N)(=O)=O)cc2)N1C(=O)CCl. The maximum Gasteiger partial charge on any atom is 0.238 e. The number of amides is 1. The summed E-state index contributed by atoms with van der Waals surface area (Å²) < 4.78 is 23.2. The molecule has 2 aromatic carbocycles. The number of carbonyl (C=O) groups is 1. The molecule has 28 heavy (non-hydrogen) atoms. The lowest BCUT2D eigenvalue weighted by Crippen LogP contribution is -2.46. The zero-order valence-electron chi connectivity index (χ0n) is 15.2. The fourth-order valence-corrected chi connectivity index (χ4v) is 4.74. The van der Waals surface area contributed by atoms with Crippen molar-refractivity contribution in [2.45, 2.75) is 30.3 Å². The number of benzene rings is 2. The number of H-pyrrole nitrogens is 1. The molecule has 1 amide bonds. The second-order valence-corrected chi connectivity index (χ2v) is 8.90. The highest BCUT2D eigenvalue weighted by atomic mass is 35.5. The van der Waals surface area contributed by atoms with Crippen molar-refractivity contribution in [3.8, 4) is 0 Å². The quantitative estimate of drug-likeness (QED) is 0.641. The van der Waals surface area contributed by atoms with Gasteiger partial charge in [-0.3, -0.25) is 4.79 Å². The van der Waals surface area contributed by atoms with Crippen LogP contribution in [0.2, 0.25) is 0 Å². The van der Waals surface area contributed by atoms with Crippen LogP contribution in [-0.2, 0) is 21.2 Å². The lowest BCUT2D eigenvalue weighted by Gasteiger charge is -2.40. The molecular weight excluding hydrogens is 398 g/mol. The van der Waals surface area contributed by atoms with Crippen LogP contribution in [0.3, 0.4) is 0 Å². The van der Waals surface area contributed by atoms with Crippen molar-refractivity contribution in [1.29, 1.82) is 0 Å². The molecule has 0 saturated heterocycles. The van der Waals surface area contributed by atoms with E-state index in [0.717, 1.165) is 22.2 Å².